The van der Waals surface area contributed by atoms with Gasteiger partial charge >= 0.3 is 0 Å². The fraction of sp³-hybridized carbons (Fsp3) is 0.500. The van der Waals surface area contributed by atoms with Crippen LogP contribution in [0.2, 0.25) is 0 Å². The molecule has 0 atom stereocenters. The SMILES string of the molecule is C/C=N\N(CC)c1ccc(C(C)(C)C)cc1. The lowest BCUT2D eigenvalue weighted by Crippen LogP contribution is -2.16. The summed E-state index contributed by atoms with van der Waals surface area (Å²) in [5.41, 5.74) is 2.71. The van der Waals surface area contributed by atoms with Gasteiger partial charge in [0.2, 0.25) is 0 Å². The first-order chi connectivity index (χ1) is 7.49. The van der Waals surface area contributed by atoms with Gasteiger partial charge in [-0.1, -0.05) is 32.9 Å². The summed E-state index contributed by atoms with van der Waals surface area (Å²) < 4.78 is 0. The van der Waals surface area contributed by atoms with E-state index in [1.165, 1.54) is 5.56 Å². The van der Waals surface area contributed by atoms with Crippen molar-refractivity contribution in [3.05, 3.63) is 29.8 Å². The lowest BCUT2D eigenvalue weighted by Gasteiger charge is -2.21. The van der Waals surface area contributed by atoms with Crippen LogP contribution in [0.1, 0.15) is 40.2 Å². The zero-order valence-electron chi connectivity index (χ0n) is 11.0. The molecule has 0 bridgehead atoms. The topological polar surface area (TPSA) is 15.6 Å². The van der Waals surface area contributed by atoms with Gasteiger partial charge in [-0.3, -0.25) is 5.01 Å². The van der Waals surface area contributed by atoms with Crippen molar-refractivity contribution < 1.29 is 0 Å². The molecule has 0 saturated carbocycles. The van der Waals surface area contributed by atoms with Crippen LogP contribution in [0.25, 0.3) is 0 Å². The van der Waals surface area contributed by atoms with Crippen molar-refractivity contribution in [1.29, 1.82) is 0 Å². The van der Waals surface area contributed by atoms with E-state index in [-0.39, 0.29) is 5.41 Å². The molecule has 0 unspecified atom stereocenters. The Labute approximate surface area is 99.0 Å². The van der Waals surface area contributed by atoms with Crippen LogP contribution in [0, 0.1) is 0 Å². The molecule has 1 aromatic carbocycles. The van der Waals surface area contributed by atoms with Crippen LogP contribution in [-0.2, 0) is 5.41 Å². The standard InChI is InChI=1S/C14H22N2/c1-6-15-16(7-2)13-10-8-12(9-11-13)14(3,4)5/h6,8-11H,7H2,1-5H3/b15-6-. The van der Waals surface area contributed by atoms with Gasteiger partial charge in [0.25, 0.3) is 0 Å². The van der Waals surface area contributed by atoms with Crippen LogP contribution >= 0.6 is 0 Å². The highest BCUT2D eigenvalue weighted by Gasteiger charge is 2.13. The summed E-state index contributed by atoms with van der Waals surface area (Å²) in [4.78, 5) is 0. The molecule has 0 heterocycles. The Morgan fingerprint density at radius 1 is 1.19 bits per heavy atom. The molecule has 0 aromatic heterocycles. The average Bonchev–Trinajstić information content (AvgIpc) is 2.25. The fourth-order valence-corrected chi connectivity index (χ4v) is 1.60. The van der Waals surface area contributed by atoms with Crippen molar-refractivity contribution in [2.24, 2.45) is 5.10 Å². The Bertz CT molecular complexity index is 344. The number of hydrazone groups is 1. The molecule has 1 aromatic rings. The van der Waals surface area contributed by atoms with Crippen molar-refractivity contribution in [3.63, 3.8) is 0 Å². The fourth-order valence-electron chi connectivity index (χ4n) is 1.60. The van der Waals surface area contributed by atoms with E-state index in [1.54, 1.807) is 0 Å². The predicted octanol–water partition coefficient (Wildman–Crippen LogP) is 3.82. The minimum atomic E-state index is 0.212. The second-order valence-corrected chi connectivity index (χ2v) is 4.89. The minimum absolute atomic E-state index is 0.212. The Hall–Kier alpha value is -1.31. The first-order valence-corrected chi connectivity index (χ1v) is 5.85. The maximum absolute atomic E-state index is 4.31. The van der Waals surface area contributed by atoms with Gasteiger partial charge in [-0.2, -0.15) is 5.10 Å². The summed E-state index contributed by atoms with van der Waals surface area (Å²) in [7, 11) is 0. The summed E-state index contributed by atoms with van der Waals surface area (Å²) in [5, 5.41) is 6.31. The lowest BCUT2D eigenvalue weighted by molar-refractivity contribution is 0.590. The minimum Gasteiger partial charge on any atom is -0.266 e. The largest absolute Gasteiger partial charge is 0.266 e. The molecule has 0 amide bonds. The first kappa shape index (κ1) is 12.8. The number of nitrogens with zero attached hydrogens (tertiary/aromatic N) is 2. The van der Waals surface area contributed by atoms with Gasteiger partial charge in [0.1, 0.15) is 0 Å². The summed E-state index contributed by atoms with van der Waals surface area (Å²) in [6.07, 6.45) is 1.82. The van der Waals surface area contributed by atoms with Crippen LogP contribution in [0.15, 0.2) is 29.4 Å². The van der Waals surface area contributed by atoms with E-state index < -0.39 is 0 Å². The predicted molar refractivity (Wildman–Crippen MR) is 72.3 cm³/mol. The Morgan fingerprint density at radius 3 is 2.12 bits per heavy atom. The van der Waals surface area contributed by atoms with Crippen LogP contribution in [0.3, 0.4) is 0 Å². The third-order valence-electron chi connectivity index (χ3n) is 2.59. The summed E-state index contributed by atoms with van der Waals surface area (Å²) in [5.74, 6) is 0. The molecule has 1 rings (SSSR count). The van der Waals surface area contributed by atoms with E-state index in [0.717, 1.165) is 12.2 Å². The summed E-state index contributed by atoms with van der Waals surface area (Å²) in [6.45, 7) is 11.6. The molecule has 2 heteroatoms. The lowest BCUT2D eigenvalue weighted by atomic mass is 9.87. The van der Waals surface area contributed by atoms with E-state index in [0.29, 0.717) is 0 Å². The van der Waals surface area contributed by atoms with Crippen molar-refractivity contribution in [2.75, 3.05) is 11.6 Å². The number of rotatable bonds is 3. The molecule has 2 nitrogen and oxygen atoms in total. The molecular formula is C14H22N2. The molecule has 0 radical (unpaired) electrons. The monoisotopic (exact) mass is 218 g/mol. The van der Waals surface area contributed by atoms with E-state index in [4.69, 9.17) is 0 Å². The Balaban J connectivity index is 2.94. The highest BCUT2D eigenvalue weighted by atomic mass is 15.4. The zero-order valence-corrected chi connectivity index (χ0v) is 11.0. The quantitative estimate of drug-likeness (QED) is 0.556. The third-order valence-corrected chi connectivity index (χ3v) is 2.59. The maximum Gasteiger partial charge on any atom is 0.0593 e. The molecular weight excluding hydrogens is 196 g/mol. The molecule has 0 N–H and O–H groups in total. The van der Waals surface area contributed by atoms with Crippen molar-refractivity contribution >= 4 is 11.9 Å². The molecule has 0 aliphatic rings. The highest BCUT2D eigenvalue weighted by Crippen LogP contribution is 2.24. The van der Waals surface area contributed by atoms with Gasteiger partial charge in [0.15, 0.2) is 0 Å². The Kier molecular flexibility index (Phi) is 4.11. The third kappa shape index (κ3) is 3.09. The first-order valence-electron chi connectivity index (χ1n) is 5.85. The van der Waals surface area contributed by atoms with E-state index >= 15 is 0 Å². The van der Waals surface area contributed by atoms with Gasteiger partial charge in [0.05, 0.1) is 5.69 Å². The van der Waals surface area contributed by atoms with Crippen LogP contribution in [0.4, 0.5) is 5.69 Å². The molecule has 88 valence electrons. The molecule has 0 aliphatic heterocycles. The van der Waals surface area contributed by atoms with E-state index in [2.05, 4.69) is 57.1 Å². The molecule has 0 spiro atoms. The van der Waals surface area contributed by atoms with Crippen LogP contribution in [0.5, 0.6) is 0 Å². The number of hydrogen-bond donors (Lipinski definition) is 0. The molecule has 16 heavy (non-hydrogen) atoms. The van der Waals surface area contributed by atoms with Crippen molar-refractivity contribution in [3.8, 4) is 0 Å². The smallest absolute Gasteiger partial charge is 0.0593 e. The van der Waals surface area contributed by atoms with Gasteiger partial charge in [0, 0.05) is 12.8 Å². The van der Waals surface area contributed by atoms with Gasteiger partial charge in [-0.25, -0.2) is 0 Å². The van der Waals surface area contributed by atoms with Crippen LogP contribution in [-0.4, -0.2) is 12.8 Å². The van der Waals surface area contributed by atoms with Gasteiger partial charge in [-0.05, 0) is 37.0 Å². The number of hydrogen-bond acceptors (Lipinski definition) is 2. The Morgan fingerprint density at radius 2 is 1.75 bits per heavy atom. The van der Waals surface area contributed by atoms with Crippen molar-refractivity contribution in [1.82, 2.24) is 0 Å². The number of benzene rings is 1. The molecule has 0 saturated heterocycles. The second kappa shape index (κ2) is 5.15. The van der Waals surface area contributed by atoms with Crippen LogP contribution < -0.4 is 5.01 Å². The molecule has 0 fully saturated rings. The highest BCUT2D eigenvalue weighted by molar-refractivity contribution is 5.57. The average molecular weight is 218 g/mol. The normalized spacial score (nSPS) is 12.1. The maximum atomic E-state index is 4.31. The summed E-state index contributed by atoms with van der Waals surface area (Å²) in [6, 6.07) is 8.64. The van der Waals surface area contributed by atoms with Crippen molar-refractivity contribution in [2.45, 2.75) is 40.0 Å². The van der Waals surface area contributed by atoms with E-state index in [9.17, 15) is 0 Å². The zero-order chi connectivity index (χ0) is 12.2. The summed E-state index contributed by atoms with van der Waals surface area (Å²) >= 11 is 0. The van der Waals surface area contributed by atoms with Gasteiger partial charge < -0.3 is 0 Å². The number of anilines is 1. The molecule has 0 aliphatic carbocycles. The van der Waals surface area contributed by atoms with E-state index in [1.807, 2.05) is 18.1 Å². The second-order valence-electron chi connectivity index (χ2n) is 4.89. The van der Waals surface area contributed by atoms with Gasteiger partial charge in [-0.15, -0.1) is 0 Å².